The molecule has 0 N–H and O–H groups in total. The van der Waals surface area contributed by atoms with Gasteiger partial charge in [-0.3, -0.25) is 4.90 Å². The molecule has 0 spiro atoms. The number of ether oxygens (including phenoxy) is 1. The van der Waals surface area contributed by atoms with Gasteiger partial charge in [0.15, 0.2) is 0 Å². The van der Waals surface area contributed by atoms with Gasteiger partial charge >= 0.3 is 0 Å². The SMILES string of the molecule is CCCCc1ccc(-c2ccc(CCCOc3ccc4c(c3)CCN(CCS(C)(=O)=O)C4)cc2)cc1. The van der Waals surface area contributed by atoms with Crippen LogP contribution in [0.25, 0.3) is 11.1 Å². The molecule has 0 amide bonds. The number of benzene rings is 3. The van der Waals surface area contributed by atoms with Gasteiger partial charge in [0, 0.05) is 25.9 Å². The largest absolute Gasteiger partial charge is 0.494 e. The van der Waals surface area contributed by atoms with Gasteiger partial charge in [-0.15, -0.1) is 0 Å². The Balaban J connectivity index is 1.21. The van der Waals surface area contributed by atoms with Gasteiger partial charge < -0.3 is 4.74 Å². The minimum Gasteiger partial charge on any atom is -0.494 e. The molecule has 0 radical (unpaired) electrons. The van der Waals surface area contributed by atoms with Gasteiger partial charge in [-0.05, 0) is 77.6 Å². The molecule has 1 aliphatic rings. The van der Waals surface area contributed by atoms with Crippen molar-refractivity contribution in [1.82, 2.24) is 4.90 Å². The topological polar surface area (TPSA) is 46.6 Å². The summed E-state index contributed by atoms with van der Waals surface area (Å²) in [6, 6.07) is 24.2. The van der Waals surface area contributed by atoms with Crippen LogP contribution in [0.15, 0.2) is 66.7 Å². The number of aryl methyl sites for hydroxylation is 2. The van der Waals surface area contributed by atoms with Gasteiger partial charge in [-0.1, -0.05) is 67.9 Å². The average Bonchev–Trinajstić information content (AvgIpc) is 2.89. The molecule has 192 valence electrons. The van der Waals surface area contributed by atoms with Crippen molar-refractivity contribution >= 4 is 9.84 Å². The van der Waals surface area contributed by atoms with Crippen molar-refractivity contribution in [3.63, 3.8) is 0 Å². The fraction of sp³-hybridized carbons (Fsp3) is 0.419. The van der Waals surface area contributed by atoms with Crippen LogP contribution < -0.4 is 4.74 Å². The van der Waals surface area contributed by atoms with Crippen LogP contribution in [0.5, 0.6) is 5.75 Å². The Bertz CT molecular complexity index is 1220. The van der Waals surface area contributed by atoms with Crippen LogP contribution in [0, 0.1) is 0 Å². The highest BCUT2D eigenvalue weighted by Gasteiger charge is 2.18. The normalized spacial score (nSPS) is 13.9. The van der Waals surface area contributed by atoms with Crippen molar-refractivity contribution in [2.45, 2.75) is 52.0 Å². The predicted molar refractivity (Wildman–Crippen MR) is 149 cm³/mol. The molecule has 5 heteroatoms. The van der Waals surface area contributed by atoms with Gasteiger partial charge in [0.05, 0.1) is 12.4 Å². The zero-order valence-electron chi connectivity index (χ0n) is 21.7. The first kappa shape index (κ1) is 26.4. The van der Waals surface area contributed by atoms with Crippen LogP contribution in [-0.4, -0.2) is 45.0 Å². The van der Waals surface area contributed by atoms with Crippen LogP contribution in [0.4, 0.5) is 0 Å². The summed E-state index contributed by atoms with van der Waals surface area (Å²) in [7, 11) is -2.92. The Morgan fingerprint density at radius 3 is 2.08 bits per heavy atom. The van der Waals surface area contributed by atoms with Gasteiger partial charge in [-0.25, -0.2) is 8.42 Å². The minimum absolute atomic E-state index is 0.221. The third-order valence-corrected chi connectivity index (χ3v) is 7.91. The summed E-state index contributed by atoms with van der Waals surface area (Å²) in [6.45, 7) is 5.23. The van der Waals surface area contributed by atoms with E-state index in [2.05, 4.69) is 72.5 Å². The monoisotopic (exact) mass is 505 g/mol. The Labute approximate surface area is 217 Å². The minimum atomic E-state index is -2.92. The molecule has 1 heterocycles. The summed E-state index contributed by atoms with van der Waals surface area (Å²) in [6.07, 6.45) is 7.85. The van der Waals surface area contributed by atoms with Crippen molar-refractivity contribution in [3.05, 3.63) is 89.0 Å². The second-order valence-electron chi connectivity index (χ2n) is 10.0. The molecule has 0 unspecified atom stereocenters. The molecule has 4 nitrogen and oxygen atoms in total. The van der Waals surface area contributed by atoms with Crippen molar-refractivity contribution < 1.29 is 13.2 Å². The highest BCUT2D eigenvalue weighted by molar-refractivity contribution is 7.90. The first-order chi connectivity index (χ1) is 17.4. The lowest BCUT2D eigenvalue weighted by Crippen LogP contribution is -2.34. The number of fused-ring (bicyclic) bond motifs is 1. The number of sulfone groups is 1. The molecule has 0 aliphatic carbocycles. The molecular weight excluding hydrogens is 466 g/mol. The summed E-state index contributed by atoms with van der Waals surface area (Å²) in [5.41, 5.74) is 7.89. The fourth-order valence-corrected chi connectivity index (χ4v) is 5.33. The van der Waals surface area contributed by atoms with Gasteiger partial charge in [0.25, 0.3) is 0 Å². The van der Waals surface area contributed by atoms with Crippen molar-refractivity contribution in [2.24, 2.45) is 0 Å². The third kappa shape index (κ3) is 7.94. The molecule has 0 aromatic heterocycles. The van der Waals surface area contributed by atoms with Crippen LogP contribution in [-0.2, 0) is 35.6 Å². The standard InChI is InChI=1S/C31H39NO3S/c1-3-4-6-25-8-12-27(13-9-25)28-14-10-26(11-15-28)7-5-21-35-31-17-16-30-24-32(19-18-29(30)23-31)20-22-36(2,33)34/h8-17,23H,3-7,18-22,24H2,1-2H3. The molecular formula is C31H39NO3S. The Kier molecular flexibility index (Phi) is 9.22. The predicted octanol–water partition coefficient (Wildman–Crippen LogP) is 6.11. The van der Waals surface area contributed by atoms with E-state index < -0.39 is 9.84 Å². The zero-order chi connectivity index (χ0) is 25.4. The molecule has 3 aromatic carbocycles. The molecule has 4 rings (SSSR count). The van der Waals surface area contributed by atoms with E-state index in [-0.39, 0.29) is 5.75 Å². The summed E-state index contributed by atoms with van der Waals surface area (Å²) in [5, 5.41) is 0. The van der Waals surface area contributed by atoms with E-state index in [9.17, 15) is 8.42 Å². The number of rotatable bonds is 12. The van der Waals surface area contributed by atoms with E-state index in [1.807, 2.05) is 6.07 Å². The first-order valence-electron chi connectivity index (χ1n) is 13.2. The number of unbranched alkanes of at least 4 members (excludes halogenated alkanes) is 1. The van der Waals surface area contributed by atoms with Gasteiger partial charge in [-0.2, -0.15) is 0 Å². The van der Waals surface area contributed by atoms with Crippen LogP contribution in [0.2, 0.25) is 0 Å². The highest BCUT2D eigenvalue weighted by Crippen LogP contribution is 2.25. The highest BCUT2D eigenvalue weighted by atomic mass is 32.2. The maximum Gasteiger partial charge on any atom is 0.148 e. The molecule has 3 aromatic rings. The summed E-state index contributed by atoms with van der Waals surface area (Å²) >= 11 is 0. The summed E-state index contributed by atoms with van der Waals surface area (Å²) < 4.78 is 28.9. The van der Waals surface area contributed by atoms with Crippen molar-refractivity contribution in [2.75, 3.05) is 31.7 Å². The van der Waals surface area contributed by atoms with E-state index in [1.165, 1.54) is 52.5 Å². The van der Waals surface area contributed by atoms with E-state index in [1.54, 1.807) is 0 Å². The van der Waals surface area contributed by atoms with E-state index >= 15 is 0 Å². The summed E-state index contributed by atoms with van der Waals surface area (Å²) in [5.74, 6) is 1.15. The molecule has 0 bridgehead atoms. The van der Waals surface area contributed by atoms with Crippen LogP contribution in [0.3, 0.4) is 0 Å². The maximum absolute atomic E-state index is 11.4. The van der Waals surface area contributed by atoms with E-state index in [0.29, 0.717) is 13.2 Å². The van der Waals surface area contributed by atoms with Crippen LogP contribution in [0.1, 0.15) is 48.4 Å². The molecule has 1 aliphatic heterocycles. The second-order valence-corrected chi connectivity index (χ2v) is 12.3. The zero-order valence-corrected chi connectivity index (χ0v) is 22.5. The third-order valence-electron chi connectivity index (χ3n) is 6.99. The van der Waals surface area contributed by atoms with Crippen molar-refractivity contribution in [1.29, 1.82) is 0 Å². The smallest absolute Gasteiger partial charge is 0.148 e. The van der Waals surface area contributed by atoms with Crippen molar-refractivity contribution in [3.8, 4) is 16.9 Å². The summed E-state index contributed by atoms with van der Waals surface area (Å²) in [4.78, 5) is 2.22. The number of hydrogen-bond acceptors (Lipinski definition) is 4. The van der Waals surface area contributed by atoms with Gasteiger partial charge in [0.2, 0.25) is 0 Å². The maximum atomic E-state index is 11.4. The lowest BCUT2D eigenvalue weighted by Gasteiger charge is -2.28. The van der Waals surface area contributed by atoms with Crippen LogP contribution >= 0.6 is 0 Å². The fourth-order valence-electron chi connectivity index (χ4n) is 4.74. The molecule has 0 saturated carbocycles. The molecule has 36 heavy (non-hydrogen) atoms. The number of nitrogens with zero attached hydrogens (tertiary/aromatic N) is 1. The molecule has 0 atom stereocenters. The average molecular weight is 506 g/mol. The molecule has 0 saturated heterocycles. The Morgan fingerprint density at radius 2 is 1.47 bits per heavy atom. The second kappa shape index (κ2) is 12.6. The lowest BCUT2D eigenvalue weighted by atomic mass is 9.99. The quantitative estimate of drug-likeness (QED) is 0.279. The lowest BCUT2D eigenvalue weighted by molar-refractivity contribution is 0.267. The van der Waals surface area contributed by atoms with Gasteiger partial charge in [0.1, 0.15) is 15.6 Å². The van der Waals surface area contributed by atoms with E-state index in [0.717, 1.165) is 44.5 Å². The first-order valence-corrected chi connectivity index (χ1v) is 15.3. The molecule has 0 fully saturated rings. The van der Waals surface area contributed by atoms with E-state index in [4.69, 9.17) is 4.74 Å². The Morgan fingerprint density at radius 1 is 0.833 bits per heavy atom. The number of hydrogen-bond donors (Lipinski definition) is 0. The Hall–Kier alpha value is -2.63.